The molecule has 1 amide bonds. The predicted octanol–water partition coefficient (Wildman–Crippen LogP) is 1.92. The molecule has 0 spiro atoms. The maximum Gasteiger partial charge on any atom is 0.258 e. The second-order valence-electron chi connectivity index (χ2n) is 5.95. The van der Waals surface area contributed by atoms with Crippen molar-refractivity contribution in [2.45, 2.75) is 31.1 Å². The smallest absolute Gasteiger partial charge is 0.258 e. The van der Waals surface area contributed by atoms with Gasteiger partial charge in [0.25, 0.3) is 5.56 Å². The predicted molar refractivity (Wildman–Crippen MR) is 104 cm³/mol. The van der Waals surface area contributed by atoms with Crippen molar-refractivity contribution in [3.8, 4) is 0 Å². The summed E-state index contributed by atoms with van der Waals surface area (Å²) >= 11 is 1.61. The van der Waals surface area contributed by atoms with E-state index in [1.54, 1.807) is 17.8 Å². The molecule has 1 aromatic carbocycles. The zero-order valence-electron chi connectivity index (χ0n) is 13.9. The lowest BCUT2D eigenvalue weighted by molar-refractivity contribution is -0.131. The average molecular weight is 383 g/mol. The third kappa shape index (κ3) is 4.74. The first-order valence-corrected chi connectivity index (χ1v) is 9.39. The second-order valence-corrected chi connectivity index (χ2v) is 7.06. The Labute approximate surface area is 157 Å². The van der Waals surface area contributed by atoms with Crippen molar-refractivity contribution >= 4 is 41.0 Å². The monoisotopic (exact) mass is 382 g/mol. The van der Waals surface area contributed by atoms with Crippen LogP contribution in [0.1, 0.15) is 25.1 Å². The molecule has 1 fully saturated rings. The molecule has 25 heavy (non-hydrogen) atoms. The summed E-state index contributed by atoms with van der Waals surface area (Å²) in [6.07, 6.45) is 2.56. The molecule has 1 aliphatic heterocycles. The van der Waals surface area contributed by atoms with Crippen LogP contribution in [-0.4, -0.2) is 45.7 Å². The van der Waals surface area contributed by atoms with Crippen LogP contribution >= 0.6 is 24.2 Å². The Bertz CT molecular complexity index is 783. The highest BCUT2D eigenvalue weighted by atomic mass is 35.5. The summed E-state index contributed by atoms with van der Waals surface area (Å²) in [7, 11) is 0. The van der Waals surface area contributed by atoms with E-state index in [-0.39, 0.29) is 29.9 Å². The van der Waals surface area contributed by atoms with E-state index in [4.69, 9.17) is 5.73 Å². The second kappa shape index (κ2) is 9.22. The highest BCUT2D eigenvalue weighted by Crippen LogP contribution is 2.19. The summed E-state index contributed by atoms with van der Waals surface area (Å²) in [5, 5.41) is 0.600. The number of para-hydroxylation sites is 1. The summed E-state index contributed by atoms with van der Waals surface area (Å²) in [5.74, 6) is 2.13. The van der Waals surface area contributed by atoms with Crippen molar-refractivity contribution in [2.24, 2.45) is 5.73 Å². The number of rotatable bonds is 6. The van der Waals surface area contributed by atoms with Crippen molar-refractivity contribution in [2.75, 3.05) is 18.8 Å². The zero-order valence-corrected chi connectivity index (χ0v) is 15.6. The number of hydrogen-bond donors (Lipinski definition) is 2. The molecule has 0 aliphatic carbocycles. The summed E-state index contributed by atoms with van der Waals surface area (Å²) < 4.78 is 0. The maximum absolute atomic E-state index is 12.2. The fourth-order valence-corrected chi connectivity index (χ4v) is 3.88. The molecule has 6 nitrogen and oxygen atoms in total. The van der Waals surface area contributed by atoms with Gasteiger partial charge in [-0.1, -0.05) is 12.1 Å². The average Bonchev–Trinajstić information content (AvgIpc) is 3.07. The Balaban J connectivity index is 0.00000225. The molecule has 1 aromatic heterocycles. The van der Waals surface area contributed by atoms with Crippen LogP contribution in [0.2, 0.25) is 0 Å². The van der Waals surface area contributed by atoms with Crippen molar-refractivity contribution in [1.82, 2.24) is 14.9 Å². The number of aromatic nitrogens is 2. The number of likely N-dealkylation sites (tertiary alicyclic amines) is 1. The van der Waals surface area contributed by atoms with Crippen molar-refractivity contribution < 1.29 is 4.79 Å². The number of benzene rings is 1. The fourth-order valence-electron chi connectivity index (χ4n) is 3.08. The summed E-state index contributed by atoms with van der Waals surface area (Å²) in [6, 6.07) is 7.50. The molecule has 0 bridgehead atoms. The summed E-state index contributed by atoms with van der Waals surface area (Å²) in [6.45, 7) is 1.37. The third-order valence-electron chi connectivity index (χ3n) is 4.33. The number of amides is 1. The number of nitrogens with one attached hydrogen (secondary N) is 1. The molecule has 2 aromatic rings. The van der Waals surface area contributed by atoms with Gasteiger partial charge in [0, 0.05) is 31.3 Å². The van der Waals surface area contributed by atoms with E-state index in [2.05, 4.69) is 9.97 Å². The molecule has 136 valence electrons. The number of carbonyl (C=O) groups is 1. The van der Waals surface area contributed by atoms with Gasteiger partial charge in [-0.15, -0.1) is 12.4 Å². The number of aromatic amines is 1. The van der Waals surface area contributed by atoms with Crippen LogP contribution < -0.4 is 11.3 Å². The van der Waals surface area contributed by atoms with Crippen LogP contribution in [0.15, 0.2) is 29.1 Å². The number of nitrogens with zero attached hydrogens (tertiary/aromatic N) is 2. The number of carbonyl (C=O) groups excluding carboxylic acids is 1. The molecule has 8 heteroatoms. The topological polar surface area (TPSA) is 92.1 Å². The van der Waals surface area contributed by atoms with Gasteiger partial charge in [0.05, 0.1) is 16.7 Å². The minimum Gasteiger partial charge on any atom is -0.338 e. The van der Waals surface area contributed by atoms with Gasteiger partial charge in [0.2, 0.25) is 5.91 Å². The number of nitrogens with two attached hydrogens (primary N) is 1. The Kier molecular flexibility index (Phi) is 7.28. The molecule has 3 rings (SSSR count). The van der Waals surface area contributed by atoms with Crippen LogP contribution in [0.25, 0.3) is 10.9 Å². The number of H-pyrrole nitrogens is 1. The molecule has 0 radical (unpaired) electrons. The van der Waals surface area contributed by atoms with Crippen LogP contribution in [0.4, 0.5) is 0 Å². The van der Waals surface area contributed by atoms with Crippen molar-refractivity contribution in [3.63, 3.8) is 0 Å². The van der Waals surface area contributed by atoms with Gasteiger partial charge in [0.15, 0.2) is 0 Å². The maximum atomic E-state index is 12.2. The molecule has 1 atom stereocenters. The van der Waals surface area contributed by atoms with Gasteiger partial charge in [-0.25, -0.2) is 4.98 Å². The normalized spacial score (nSPS) is 16.8. The molecule has 2 heterocycles. The fraction of sp³-hybridized carbons (Fsp3) is 0.471. The van der Waals surface area contributed by atoms with Gasteiger partial charge < -0.3 is 15.6 Å². The highest BCUT2D eigenvalue weighted by Gasteiger charge is 2.26. The minimum atomic E-state index is -0.116. The van der Waals surface area contributed by atoms with Gasteiger partial charge in [-0.2, -0.15) is 11.8 Å². The van der Waals surface area contributed by atoms with Crippen LogP contribution in [0, 0.1) is 0 Å². The highest BCUT2D eigenvalue weighted by molar-refractivity contribution is 7.98. The van der Waals surface area contributed by atoms with Gasteiger partial charge in [0.1, 0.15) is 5.82 Å². The molecule has 1 unspecified atom stereocenters. The van der Waals surface area contributed by atoms with Gasteiger partial charge in [-0.05, 0) is 25.0 Å². The Morgan fingerprint density at radius 2 is 2.20 bits per heavy atom. The first kappa shape index (κ1) is 19.8. The summed E-state index contributed by atoms with van der Waals surface area (Å²) in [5.41, 5.74) is 6.30. The Morgan fingerprint density at radius 3 is 3.00 bits per heavy atom. The number of halogens is 1. The third-order valence-corrected chi connectivity index (χ3v) is 5.30. The lowest BCUT2D eigenvalue weighted by atomic mass is 10.2. The lowest BCUT2D eigenvalue weighted by Crippen LogP contribution is -2.40. The number of fused-ring (bicyclic) bond motifs is 1. The van der Waals surface area contributed by atoms with Gasteiger partial charge in [-0.3, -0.25) is 9.59 Å². The van der Waals surface area contributed by atoms with Gasteiger partial charge >= 0.3 is 0 Å². The molecule has 1 saturated heterocycles. The zero-order chi connectivity index (χ0) is 16.9. The van der Waals surface area contributed by atoms with Crippen molar-refractivity contribution in [3.05, 3.63) is 40.4 Å². The van der Waals surface area contributed by atoms with Crippen molar-refractivity contribution in [1.29, 1.82) is 0 Å². The minimum absolute atomic E-state index is 0. The Hall–Kier alpha value is -1.57. The largest absolute Gasteiger partial charge is 0.338 e. The first-order chi connectivity index (χ1) is 11.7. The van der Waals surface area contributed by atoms with E-state index >= 15 is 0 Å². The van der Waals surface area contributed by atoms with E-state index in [0.717, 1.165) is 19.4 Å². The first-order valence-electron chi connectivity index (χ1n) is 8.24. The standard InChI is InChI=1S/C17H22N4O2S.ClH/c18-10-12-4-3-8-21(12)16(22)7-9-24-11-15-19-14-6-2-1-5-13(14)17(23)20-15;/h1-2,5-6,12H,3-4,7-11,18H2,(H,19,20,23);1H. The van der Waals surface area contributed by atoms with Crippen LogP contribution in [0.5, 0.6) is 0 Å². The van der Waals surface area contributed by atoms with Crippen LogP contribution in [0.3, 0.4) is 0 Å². The number of hydrogen-bond acceptors (Lipinski definition) is 5. The lowest BCUT2D eigenvalue weighted by Gasteiger charge is -2.23. The summed E-state index contributed by atoms with van der Waals surface area (Å²) in [4.78, 5) is 33.4. The van der Waals surface area contributed by atoms with E-state index < -0.39 is 0 Å². The Morgan fingerprint density at radius 1 is 1.40 bits per heavy atom. The quantitative estimate of drug-likeness (QED) is 0.744. The van der Waals surface area contributed by atoms with E-state index in [1.165, 1.54) is 0 Å². The number of thioether (sulfide) groups is 1. The molecular weight excluding hydrogens is 360 g/mol. The van der Waals surface area contributed by atoms with Crippen LogP contribution in [-0.2, 0) is 10.5 Å². The molecule has 3 N–H and O–H groups in total. The van der Waals surface area contributed by atoms with E-state index in [0.29, 0.717) is 41.2 Å². The molecule has 1 aliphatic rings. The van der Waals surface area contributed by atoms with E-state index in [1.807, 2.05) is 23.1 Å². The molecule has 0 saturated carbocycles. The van der Waals surface area contributed by atoms with E-state index in [9.17, 15) is 9.59 Å². The molecular formula is C17H23ClN4O2S. The SMILES string of the molecule is Cl.NCC1CCCN1C(=O)CCSCc1nc2ccccc2c(=O)[nH]1.